The van der Waals surface area contributed by atoms with Gasteiger partial charge in [-0.3, -0.25) is 4.79 Å². The molecule has 0 spiro atoms. The van der Waals surface area contributed by atoms with Crippen molar-refractivity contribution in [2.45, 2.75) is 52.9 Å². The van der Waals surface area contributed by atoms with Crippen LogP contribution >= 0.6 is 0 Å². The van der Waals surface area contributed by atoms with Crippen molar-refractivity contribution >= 4 is 5.91 Å². The molecule has 0 atom stereocenters. The lowest BCUT2D eigenvalue weighted by molar-refractivity contribution is 0.0883. The minimum absolute atomic E-state index is 0.0344. The molecule has 0 aliphatic heterocycles. The van der Waals surface area contributed by atoms with Crippen LogP contribution in [0.5, 0.6) is 6.01 Å². The molecule has 23 heavy (non-hydrogen) atoms. The number of ether oxygens (including phenoxy) is 1. The van der Waals surface area contributed by atoms with E-state index >= 15 is 0 Å². The number of hydrogen-bond donors (Lipinski definition) is 0. The molecule has 2 aromatic rings. The predicted octanol–water partition coefficient (Wildman–Crippen LogP) is 4.26. The quantitative estimate of drug-likeness (QED) is 0.683. The van der Waals surface area contributed by atoms with Gasteiger partial charge in [-0.2, -0.15) is 9.67 Å². The molecule has 0 unspecified atom stereocenters. The number of carbonyl (C=O) groups is 1. The van der Waals surface area contributed by atoms with Gasteiger partial charge in [-0.1, -0.05) is 56.5 Å². The fourth-order valence-corrected chi connectivity index (χ4v) is 2.24. The molecule has 0 saturated heterocycles. The Morgan fingerprint density at radius 2 is 1.87 bits per heavy atom. The number of aryl methyl sites for hydroxylation is 1. The highest BCUT2D eigenvalue weighted by molar-refractivity contribution is 5.82. The van der Waals surface area contributed by atoms with E-state index in [4.69, 9.17) is 4.74 Å². The zero-order chi connectivity index (χ0) is 16.7. The second-order valence-electron chi connectivity index (χ2n) is 5.70. The summed E-state index contributed by atoms with van der Waals surface area (Å²) in [6.45, 7) is 6.71. The Hall–Kier alpha value is -2.17. The van der Waals surface area contributed by atoms with E-state index in [1.165, 1.54) is 4.68 Å². The highest BCUT2D eigenvalue weighted by atomic mass is 16.5. The molecule has 0 aliphatic rings. The summed E-state index contributed by atoms with van der Waals surface area (Å²) >= 11 is 0. The highest BCUT2D eigenvalue weighted by Gasteiger charge is 2.18. The van der Waals surface area contributed by atoms with Crippen molar-refractivity contribution in [3.05, 3.63) is 29.8 Å². The molecule has 0 N–H and O–H groups in total. The first-order chi connectivity index (χ1) is 11.2. The molecule has 0 radical (unpaired) electrons. The van der Waals surface area contributed by atoms with Crippen molar-refractivity contribution in [2.24, 2.45) is 0 Å². The predicted molar refractivity (Wildman–Crippen MR) is 90.7 cm³/mol. The molecule has 1 heterocycles. The number of benzene rings is 1. The minimum atomic E-state index is -0.0344. The standard InChI is InChI=1S/C18H25N3O2/c1-4-6-7-8-16(22)21-17(15-11-9-14(3)10-12-15)19-18(20-21)23-13-5-2/h9-12H,4-8,13H2,1-3H3. The molecule has 5 nitrogen and oxygen atoms in total. The van der Waals surface area contributed by atoms with E-state index in [-0.39, 0.29) is 11.9 Å². The van der Waals surface area contributed by atoms with E-state index in [0.29, 0.717) is 18.9 Å². The van der Waals surface area contributed by atoms with Crippen molar-refractivity contribution in [1.29, 1.82) is 0 Å². The molecule has 2 rings (SSSR count). The Morgan fingerprint density at radius 1 is 1.13 bits per heavy atom. The van der Waals surface area contributed by atoms with Crippen LogP contribution in [0.4, 0.5) is 0 Å². The summed E-state index contributed by atoms with van der Waals surface area (Å²) in [5, 5.41) is 4.26. The molecule has 0 amide bonds. The second-order valence-corrected chi connectivity index (χ2v) is 5.70. The summed E-state index contributed by atoms with van der Waals surface area (Å²) < 4.78 is 6.90. The van der Waals surface area contributed by atoms with Crippen LogP contribution in [0.15, 0.2) is 24.3 Å². The van der Waals surface area contributed by atoms with Crippen molar-refractivity contribution < 1.29 is 9.53 Å². The van der Waals surface area contributed by atoms with Crippen LogP contribution < -0.4 is 4.74 Å². The van der Waals surface area contributed by atoms with E-state index in [9.17, 15) is 4.79 Å². The van der Waals surface area contributed by atoms with E-state index < -0.39 is 0 Å². The number of rotatable bonds is 8. The lowest BCUT2D eigenvalue weighted by Crippen LogP contribution is -2.14. The Balaban J connectivity index is 2.28. The average Bonchev–Trinajstić information content (AvgIpc) is 2.98. The van der Waals surface area contributed by atoms with Crippen LogP contribution in [0.1, 0.15) is 56.3 Å². The van der Waals surface area contributed by atoms with Gasteiger partial charge in [0.25, 0.3) is 0 Å². The molecular weight excluding hydrogens is 290 g/mol. The second kappa shape index (κ2) is 8.46. The van der Waals surface area contributed by atoms with Crippen LogP contribution in [-0.2, 0) is 0 Å². The van der Waals surface area contributed by atoms with Gasteiger partial charge in [-0.05, 0) is 19.8 Å². The lowest BCUT2D eigenvalue weighted by Gasteiger charge is -2.04. The monoisotopic (exact) mass is 315 g/mol. The molecule has 5 heteroatoms. The van der Waals surface area contributed by atoms with Crippen LogP contribution in [0.2, 0.25) is 0 Å². The maximum atomic E-state index is 12.5. The summed E-state index contributed by atoms with van der Waals surface area (Å²) in [5.74, 6) is 0.519. The van der Waals surface area contributed by atoms with E-state index in [0.717, 1.165) is 36.8 Å². The van der Waals surface area contributed by atoms with Crippen LogP contribution in [0, 0.1) is 6.92 Å². The van der Waals surface area contributed by atoms with Crippen molar-refractivity contribution in [3.63, 3.8) is 0 Å². The average molecular weight is 315 g/mol. The number of nitrogens with zero attached hydrogens (tertiary/aromatic N) is 3. The van der Waals surface area contributed by atoms with Gasteiger partial charge in [0, 0.05) is 12.0 Å². The third-order valence-electron chi connectivity index (χ3n) is 3.56. The Labute approximate surface area is 137 Å². The van der Waals surface area contributed by atoms with Crippen LogP contribution in [0.25, 0.3) is 11.4 Å². The fourth-order valence-electron chi connectivity index (χ4n) is 2.24. The van der Waals surface area contributed by atoms with Crippen molar-refractivity contribution in [2.75, 3.05) is 6.61 Å². The summed E-state index contributed by atoms with van der Waals surface area (Å²) in [7, 11) is 0. The Bertz CT molecular complexity index is 632. The fraction of sp³-hybridized carbons (Fsp3) is 0.500. The molecule has 0 aliphatic carbocycles. The highest BCUT2D eigenvalue weighted by Crippen LogP contribution is 2.21. The summed E-state index contributed by atoms with van der Waals surface area (Å²) in [5.41, 5.74) is 2.04. The number of hydrogen-bond acceptors (Lipinski definition) is 4. The topological polar surface area (TPSA) is 57.0 Å². The largest absolute Gasteiger partial charge is 0.462 e. The van der Waals surface area contributed by atoms with Crippen molar-refractivity contribution in [1.82, 2.24) is 14.8 Å². The van der Waals surface area contributed by atoms with Crippen LogP contribution in [-0.4, -0.2) is 27.3 Å². The SMILES string of the molecule is CCCCCC(=O)n1nc(OCCC)nc1-c1ccc(C)cc1. The summed E-state index contributed by atoms with van der Waals surface area (Å²) in [6, 6.07) is 8.19. The van der Waals surface area contributed by atoms with E-state index in [1.807, 2.05) is 38.1 Å². The maximum absolute atomic E-state index is 12.5. The molecule has 124 valence electrons. The minimum Gasteiger partial charge on any atom is -0.462 e. The van der Waals surface area contributed by atoms with Gasteiger partial charge in [0.2, 0.25) is 5.91 Å². The number of carbonyl (C=O) groups excluding carboxylic acids is 1. The van der Waals surface area contributed by atoms with E-state index in [2.05, 4.69) is 17.0 Å². The van der Waals surface area contributed by atoms with Gasteiger partial charge < -0.3 is 4.74 Å². The van der Waals surface area contributed by atoms with Crippen molar-refractivity contribution in [3.8, 4) is 17.4 Å². The van der Waals surface area contributed by atoms with Gasteiger partial charge in [-0.25, -0.2) is 0 Å². The maximum Gasteiger partial charge on any atom is 0.336 e. The third kappa shape index (κ3) is 4.65. The molecular formula is C18H25N3O2. The van der Waals surface area contributed by atoms with Gasteiger partial charge >= 0.3 is 6.01 Å². The van der Waals surface area contributed by atoms with Crippen LogP contribution in [0.3, 0.4) is 0 Å². The Kier molecular flexibility index (Phi) is 6.32. The smallest absolute Gasteiger partial charge is 0.336 e. The van der Waals surface area contributed by atoms with Gasteiger partial charge in [0.1, 0.15) is 0 Å². The first-order valence-electron chi connectivity index (χ1n) is 8.35. The number of unbranched alkanes of at least 4 members (excludes halogenated alkanes) is 2. The summed E-state index contributed by atoms with van der Waals surface area (Å²) in [4.78, 5) is 16.9. The summed E-state index contributed by atoms with van der Waals surface area (Å²) in [6.07, 6.45) is 4.34. The zero-order valence-corrected chi connectivity index (χ0v) is 14.2. The lowest BCUT2D eigenvalue weighted by atomic mass is 10.1. The number of aromatic nitrogens is 3. The first kappa shape index (κ1) is 17.2. The normalized spacial score (nSPS) is 10.7. The zero-order valence-electron chi connectivity index (χ0n) is 14.2. The van der Waals surface area contributed by atoms with Gasteiger partial charge in [0.05, 0.1) is 6.61 Å². The van der Waals surface area contributed by atoms with E-state index in [1.54, 1.807) is 0 Å². The van der Waals surface area contributed by atoms with Gasteiger partial charge in [-0.15, -0.1) is 5.10 Å². The van der Waals surface area contributed by atoms with Gasteiger partial charge in [0.15, 0.2) is 5.82 Å². The first-order valence-corrected chi connectivity index (χ1v) is 8.35. The molecule has 1 aromatic heterocycles. The molecule has 0 saturated carbocycles. The molecule has 0 fully saturated rings. The third-order valence-corrected chi connectivity index (χ3v) is 3.56. The molecule has 1 aromatic carbocycles. The Morgan fingerprint density at radius 3 is 2.52 bits per heavy atom. The molecule has 0 bridgehead atoms.